The number of rotatable bonds is 9. The summed E-state index contributed by atoms with van der Waals surface area (Å²) in [6.07, 6.45) is 0. The van der Waals surface area contributed by atoms with Gasteiger partial charge in [0.25, 0.3) is 11.8 Å². The van der Waals surface area contributed by atoms with Crippen LogP contribution in [-0.2, 0) is 16.8 Å². The maximum atomic E-state index is 13.7. The van der Waals surface area contributed by atoms with Gasteiger partial charge in [-0.05, 0) is 69.6 Å². The highest BCUT2D eigenvalue weighted by Gasteiger charge is 2.27. The first-order chi connectivity index (χ1) is 24.0. The number of thiazole rings is 1. The second-order valence-electron chi connectivity index (χ2n) is 13.2. The molecule has 0 aliphatic carbocycles. The van der Waals surface area contributed by atoms with E-state index >= 15 is 0 Å². The van der Waals surface area contributed by atoms with Crippen molar-refractivity contribution in [2.45, 2.75) is 38.8 Å². The Balaban J connectivity index is 1.19. The van der Waals surface area contributed by atoms with Crippen LogP contribution in [0.2, 0.25) is 0 Å². The predicted octanol–water partition coefficient (Wildman–Crippen LogP) is 8.78. The number of nitrogens with one attached hydrogen (secondary N) is 2. The highest BCUT2D eigenvalue weighted by molar-refractivity contribution is 7.20. The number of halogens is 1. The molecule has 50 heavy (non-hydrogen) atoms. The lowest BCUT2D eigenvalue weighted by Gasteiger charge is -2.25. The normalized spacial score (nSPS) is 11.9. The third-order valence-electron chi connectivity index (χ3n) is 8.44. The van der Waals surface area contributed by atoms with Crippen molar-refractivity contribution in [2.24, 2.45) is 0 Å². The van der Waals surface area contributed by atoms with Crippen molar-refractivity contribution in [3.8, 4) is 11.1 Å². The topological polar surface area (TPSA) is 91.4 Å². The molecule has 9 heteroatoms. The first-order valence-electron chi connectivity index (χ1n) is 16.2. The van der Waals surface area contributed by atoms with Gasteiger partial charge in [-0.2, -0.15) is 0 Å². The molecule has 0 saturated carbocycles. The summed E-state index contributed by atoms with van der Waals surface area (Å²) >= 11 is 1.17. The smallest absolute Gasteiger partial charge is 0.281 e. The summed E-state index contributed by atoms with van der Waals surface area (Å²) in [5, 5.41) is 6.07. The zero-order chi connectivity index (χ0) is 35.4. The van der Waals surface area contributed by atoms with E-state index in [0.717, 1.165) is 16.7 Å². The Labute approximate surface area is 294 Å². The number of nitrogens with zero attached hydrogens (tertiary/aromatic N) is 2. The van der Waals surface area contributed by atoms with E-state index in [1.165, 1.54) is 33.9 Å². The average molecular weight is 685 g/mol. The molecule has 3 amide bonds. The molecule has 7 nitrogen and oxygen atoms in total. The number of carbonyl (C=O) groups excluding carboxylic acids is 3. The molecule has 0 saturated heterocycles. The number of hydrogen-bond acceptors (Lipinski definition) is 5. The molecule has 1 aromatic heterocycles. The molecule has 0 aliphatic heterocycles. The van der Waals surface area contributed by atoms with Gasteiger partial charge in [0.15, 0.2) is 5.01 Å². The van der Waals surface area contributed by atoms with E-state index in [1.54, 1.807) is 67.7 Å². The first-order valence-corrected chi connectivity index (χ1v) is 17.0. The number of anilines is 1. The summed E-state index contributed by atoms with van der Waals surface area (Å²) in [5.41, 5.74) is 6.09. The van der Waals surface area contributed by atoms with Gasteiger partial charge in [-0.25, -0.2) is 9.37 Å². The second-order valence-corrected chi connectivity index (χ2v) is 14.2. The van der Waals surface area contributed by atoms with Crippen molar-refractivity contribution >= 4 is 45.0 Å². The fourth-order valence-electron chi connectivity index (χ4n) is 5.67. The Morgan fingerprint density at radius 1 is 0.820 bits per heavy atom. The van der Waals surface area contributed by atoms with Crippen molar-refractivity contribution in [3.63, 3.8) is 0 Å². The van der Waals surface area contributed by atoms with Gasteiger partial charge in [-0.3, -0.25) is 14.4 Å². The molecule has 1 atom stereocenters. The van der Waals surface area contributed by atoms with Crippen LogP contribution in [0.1, 0.15) is 63.7 Å². The molecule has 1 unspecified atom stereocenters. The monoisotopic (exact) mass is 684 g/mol. The number of likely N-dealkylation sites (N-methyl/N-ethyl adjacent to an activating group) is 1. The Morgan fingerprint density at radius 2 is 1.50 bits per heavy atom. The highest BCUT2D eigenvalue weighted by Crippen LogP contribution is 2.30. The van der Waals surface area contributed by atoms with Gasteiger partial charge in [0.1, 0.15) is 11.9 Å². The van der Waals surface area contributed by atoms with E-state index in [9.17, 15) is 18.8 Å². The summed E-state index contributed by atoms with van der Waals surface area (Å²) < 4.78 is 14.1. The fourth-order valence-corrected chi connectivity index (χ4v) is 6.58. The van der Waals surface area contributed by atoms with Gasteiger partial charge in [-0.1, -0.05) is 106 Å². The van der Waals surface area contributed by atoms with Crippen LogP contribution in [0.3, 0.4) is 0 Å². The minimum atomic E-state index is -0.972. The number of carbonyl (C=O) groups is 3. The number of hydrogen-bond donors (Lipinski definition) is 2. The summed E-state index contributed by atoms with van der Waals surface area (Å²) in [4.78, 5) is 46.8. The lowest BCUT2D eigenvalue weighted by molar-refractivity contribution is -0.132. The molecule has 0 aliphatic rings. The third kappa shape index (κ3) is 7.79. The van der Waals surface area contributed by atoms with Crippen LogP contribution in [0, 0.1) is 5.82 Å². The van der Waals surface area contributed by atoms with Crippen molar-refractivity contribution in [3.05, 3.63) is 154 Å². The molecule has 6 rings (SSSR count). The zero-order valence-electron chi connectivity index (χ0n) is 28.2. The predicted molar refractivity (Wildman–Crippen MR) is 198 cm³/mol. The molecule has 2 N–H and O–H groups in total. The molecular weight excluding hydrogens is 648 g/mol. The second kappa shape index (κ2) is 14.4. The molecule has 1 heterocycles. The molecule has 5 aromatic carbocycles. The number of aromatic nitrogens is 1. The number of benzene rings is 5. The van der Waals surface area contributed by atoms with E-state index in [4.69, 9.17) is 0 Å². The Morgan fingerprint density at radius 3 is 2.20 bits per heavy atom. The maximum absolute atomic E-state index is 13.7. The average Bonchev–Trinajstić information content (AvgIpc) is 3.55. The van der Waals surface area contributed by atoms with E-state index in [2.05, 4.69) is 48.5 Å². The van der Waals surface area contributed by atoms with Gasteiger partial charge in [0.05, 0.1) is 10.2 Å². The van der Waals surface area contributed by atoms with Crippen molar-refractivity contribution in [1.82, 2.24) is 15.2 Å². The van der Waals surface area contributed by atoms with Crippen LogP contribution < -0.4 is 10.6 Å². The Kier molecular flexibility index (Phi) is 9.88. The summed E-state index contributed by atoms with van der Waals surface area (Å²) in [5.74, 6) is -1.44. The minimum Gasteiger partial charge on any atom is -0.339 e. The standard InChI is InChI=1S/C41H37FN4O3S/c1-41(2,3)29-18-16-27(17-19-29)32-12-8-9-13-33(32)37(47)43-31-22-23-34-35(24-31)50-39(44-34)38(48)45-36(28-10-6-5-7-11-28)40(49)46(4)25-26-14-20-30(42)21-15-26/h5-24,36H,25H2,1-4H3,(H,43,47)(H,45,48). The van der Waals surface area contributed by atoms with Gasteiger partial charge < -0.3 is 15.5 Å². The quantitative estimate of drug-likeness (QED) is 0.159. The Hall–Kier alpha value is -5.67. The maximum Gasteiger partial charge on any atom is 0.281 e. The minimum absolute atomic E-state index is 0.0230. The van der Waals surface area contributed by atoms with E-state index in [1.807, 2.05) is 36.4 Å². The number of fused-ring (bicyclic) bond motifs is 1. The van der Waals surface area contributed by atoms with Crippen molar-refractivity contribution < 1.29 is 18.8 Å². The van der Waals surface area contributed by atoms with E-state index in [-0.39, 0.29) is 34.6 Å². The third-order valence-corrected chi connectivity index (χ3v) is 9.46. The van der Waals surface area contributed by atoms with Crippen LogP contribution in [0.15, 0.2) is 121 Å². The van der Waals surface area contributed by atoms with Gasteiger partial charge >= 0.3 is 0 Å². The largest absolute Gasteiger partial charge is 0.339 e. The van der Waals surface area contributed by atoms with Crippen LogP contribution in [-0.4, -0.2) is 34.7 Å². The van der Waals surface area contributed by atoms with Gasteiger partial charge in [0.2, 0.25) is 5.91 Å². The SMILES string of the molecule is CN(Cc1ccc(F)cc1)C(=O)C(NC(=O)c1nc2ccc(NC(=O)c3ccccc3-c3ccc(C(C)(C)C)cc3)cc2s1)c1ccccc1. The van der Waals surface area contributed by atoms with E-state index in [0.29, 0.717) is 27.0 Å². The van der Waals surface area contributed by atoms with E-state index < -0.39 is 11.9 Å². The van der Waals surface area contributed by atoms with Crippen LogP contribution in [0.5, 0.6) is 0 Å². The summed E-state index contributed by atoms with van der Waals surface area (Å²) in [7, 11) is 1.64. The van der Waals surface area contributed by atoms with Crippen LogP contribution in [0.25, 0.3) is 21.3 Å². The molecule has 6 aromatic rings. The molecular formula is C41H37FN4O3S. The molecule has 0 bridgehead atoms. The fraction of sp³-hybridized carbons (Fsp3) is 0.171. The molecule has 0 radical (unpaired) electrons. The highest BCUT2D eigenvalue weighted by atomic mass is 32.1. The molecule has 0 spiro atoms. The van der Waals surface area contributed by atoms with Crippen LogP contribution in [0.4, 0.5) is 10.1 Å². The van der Waals surface area contributed by atoms with Crippen molar-refractivity contribution in [2.75, 3.05) is 12.4 Å². The molecule has 252 valence electrons. The lowest BCUT2D eigenvalue weighted by atomic mass is 9.86. The zero-order valence-corrected chi connectivity index (χ0v) is 29.1. The summed E-state index contributed by atoms with van der Waals surface area (Å²) in [6, 6.07) is 35.0. The van der Waals surface area contributed by atoms with Crippen molar-refractivity contribution in [1.29, 1.82) is 0 Å². The molecule has 0 fully saturated rings. The number of amides is 3. The lowest BCUT2D eigenvalue weighted by Crippen LogP contribution is -2.41. The first kappa shape index (κ1) is 34.2. The van der Waals surface area contributed by atoms with Gasteiger partial charge in [-0.15, -0.1) is 11.3 Å². The Bertz CT molecular complexity index is 2160. The summed E-state index contributed by atoms with van der Waals surface area (Å²) in [6.45, 7) is 6.74. The van der Waals surface area contributed by atoms with Gasteiger partial charge in [0, 0.05) is 24.8 Å². The van der Waals surface area contributed by atoms with Crippen LogP contribution >= 0.6 is 11.3 Å².